The summed E-state index contributed by atoms with van der Waals surface area (Å²) < 4.78 is 48.0. The van der Waals surface area contributed by atoms with Gasteiger partial charge in [-0.2, -0.15) is 13.2 Å². The SMILES string of the molecule is Cc1cc(SCC(O)COc2ccc(C(F)(F)F)cc2)ccc1OCC(=O)O. The summed E-state index contributed by atoms with van der Waals surface area (Å²) in [5.41, 5.74) is 0.00356. The zero-order chi connectivity index (χ0) is 20.7. The normalized spacial score (nSPS) is 12.5. The molecule has 28 heavy (non-hydrogen) atoms. The Bertz CT molecular complexity index is 793. The van der Waals surface area contributed by atoms with Crippen LogP contribution in [0.1, 0.15) is 11.1 Å². The van der Waals surface area contributed by atoms with Crippen LogP contribution in [0.4, 0.5) is 13.2 Å². The van der Waals surface area contributed by atoms with Crippen molar-refractivity contribution in [2.75, 3.05) is 19.0 Å². The number of halogens is 3. The van der Waals surface area contributed by atoms with Gasteiger partial charge in [0.2, 0.25) is 0 Å². The summed E-state index contributed by atoms with van der Waals surface area (Å²) in [6, 6.07) is 9.49. The van der Waals surface area contributed by atoms with E-state index in [1.165, 1.54) is 23.9 Å². The van der Waals surface area contributed by atoms with Crippen LogP contribution in [0.3, 0.4) is 0 Å². The molecule has 0 aromatic heterocycles. The number of carboxylic acids is 1. The Balaban J connectivity index is 1.80. The van der Waals surface area contributed by atoms with E-state index in [1.807, 2.05) is 6.07 Å². The van der Waals surface area contributed by atoms with E-state index in [9.17, 15) is 23.1 Å². The molecule has 0 radical (unpaired) electrons. The van der Waals surface area contributed by atoms with Gasteiger partial charge in [0.05, 0.1) is 11.7 Å². The Hall–Kier alpha value is -2.39. The standard InChI is InChI=1S/C19H19F3O5S/c1-12-8-16(6-7-17(12)27-10-18(24)25)28-11-14(23)9-26-15-4-2-13(3-5-15)19(20,21)22/h2-8,14,23H,9-11H2,1H3,(H,24,25). The molecule has 0 spiro atoms. The number of carbonyl (C=O) groups is 1. The smallest absolute Gasteiger partial charge is 0.416 e. The first-order valence-electron chi connectivity index (χ1n) is 8.21. The summed E-state index contributed by atoms with van der Waals surface area (Å²) in [5.74, 6) is -0.0325. The van der Waals surface area contributed by atoms with Crippen molar-refractivity contribution in [2.24, 2.45) is 0 Å². The highest BCUT2D eigenvalue weighted by atomic mass is 32.2. The van der Waals surface area contributed by atoms with Gasteiger partial charge in [-0.3, -0.25) is 0 Å². The summed E-state index contributed by atoms with van der Waals surface area (Å²) in [7, 11) is 0. The maximum Gasteiger partial charge on any atom is 0.416 e. The van der Waals surface area contributed by atoms with Crippen LogP contribution in [0.15, 0.2) is 47.4 Å². The first kappa shape index (κ1) is 21.9. The fourth-order valence-electron chi connectivity index (χ4n) is 2.19. The average Bonchev–Trinajstić information content (AvgIpc) is 2.63. The second kappa shape index (κ2) is 9.70. The Kier molecular flexibility index (Phi) is 7.59. The van der Waals surface area contributed by atoms with E-state index in [-0.39, 0.29) is 12.4 Å². The van der Waals surface area contributed by atoms with Crippen LogP contribution in [0, 0.1) is 6.92 Å². The molecule has 0 aliphatic heterocycles. The van der Waals surface area contributed by atoms with Crippen molar-refractivity contribution >= 4 is 17.7 Å². The molecule has 2 aromatic carbocycles. The number of hydrogen-bond donors (Lipinski definition) is 2. The molecule has 0 aliphatic carbocycles. The van der Waals surface area contributed by atoms with Crippen LogP contribution in [0.5, 0.6) is 11.5 Å². The van der Waals surface area contributed by atoms with Gasteiger partial charge in [0, 0.05) is 10.6 Å². The molecule has 152 valence electrons. The molecular formula is C19H19F3O5S. The minimum absolute atomic E-state index is 0.0584. The lowest BCUT2D eigenvalue weighted by Crippen LogP contribution is -2.20. The number of aliphatic hydroxyl groups excluding tert-OH is 1. The van der Waals surface area contributed by atoms with Gasteiger partial charge in [-0.15, -0.1) is 11.8 Å². The van der Waals surface area contributed by atoms with Gasteiger partial charge in [0.25, 0.3) is 0 Å². The molecule has 5 nitrogen and oxygen atoms in total. The molecule has 0 bridgehead atoms. The maximum atomic E-state index is 12.5. The van der Waals surface area contributed by atoms with E-state index >= 15 is 0 Å². The lowest BCUT2D eigenvalue weighted by Gasteiger charge is -2.14. The lowest BCUT2D eigenvalue weighted by molar-refractivity contribution is -0.139. The van der Waals surface area contributed by atoms with Gasteiger partial charge < -0.3 is 19.7 Å². The van der Waals surface area contributed by atoms with Gasteiger partial charge in [0.1, 0.15) is 18.1 Å². The molecule has 0 saturated heterocycles. The minimum Gasteiger partial charge on any atom is -0.491 e. The molecule has 0 fully saturated rings. The molecule has 0 heterocycles. The number of thioether (sulfide) groups is 1. The van der Waals surface area contributed by atoms with E-state index in [0.717, 1.165) is 22.6 Å². The van der Waals surface area contributed by atoms with Crippen molar-refractivity contribution in [3.63, 3.8) is 0 Å². The molecular weight excluding hydrogens is 397 g/mol. The van der Waals surface area contributed by atoms with Crippen molar-refractivity contribution in [3.05, 3.63) is 53.6 Å². The zero-order valence-electron chi connectivity index (χ0n) is 14.9. The van der Waals surface area contributed by atoms with Crippen molar-refractivity contribution < 1.29 is 37.7 Å². The monoisotopic (exact) mass is 416 g/mol. The quantitative estimate of drug-likeness (QED) is 0.602. The fourth-order valence-corrected chi connectivity index (χ4v) is 3.09. The van der Waals surface area contributed by atoms with Crippen molar-refractivity contribution in [1.82, 2.24) is 0 Å². The molecule has 1 atom stereocenters. The molecule has 0 aliphatic rings. The van der Waals surface area contributed by atoms with E-state index in [4.69, 9.17) is 14.6 Å². The molecule has 1 unspecified atom stereocenters. The maximum absolute atomic E-state index is 12.5. The first-order valence-corrected chi connectivity index (χ1v) is 9.20. The summed E-state index contributed by atoms with van der Waals surface area (Å²) in [6.07, 6.45) is -5.23. The molecule has 9 heteroatoms. The predicted octanol–water partition coefficient (Wildman–Crippen LogP) is 4.01. The van der Waals surface area contributed by atoms with Crippen LogP contribution >= 0.6 is 11.8 Å². The summed E-state index contributed by atoms with van der Waals surface area (Å²) in [4.78, 5) is 11.4. The van der Waals surface area contributed by atoms with Crippen molar-refractivity contribution in [2.45, 2.75) is 24.1 Å². The van der Waals surface area contributed by atoms with Crippen LogP contribution in [-0.4, -0.2) is 41.3 Å². The number of rotatable bonds is 9. The molecule has 0 amide bonds. The Morgan fingerprint density at radius 2 is 1.82 bits per heavy atom. The highest BCUT2D eigenvalue weighted by molar-refractivity contribution is 7.99. The second-order valence-electron chi connectivity index (χ2n) is 5.91. The molecule has 0 saturated carbocycles. The summed E-state index contributed by atoms with van der Waals surface area (Å²) in [6.45, 7) is 1.30. The van der Waals surface area contributed by atoms with Gasteiger partial charge in [0.15, 0.2) is 6.61 Å². The summed E-state index contributed by atoms with van der Waals surface area (Å²) >= 11 is 1.37. The number of alkyl halides is 3. The largest absolute Gasteiger partial charge is 0.491 e. The third-order valence-corrected chi connectivity index (χ3v) is 4.70. The molecule has 2 aromatic rings. The van der Waals surface area contributed by atoms with Crippen LogP contribution in [0.25, 0.3) is 0 Å². The first-order chi connectivity index (χ1) is 13.1. The number of aliphatic carboxylic acids is 1. The van der Waals surface area contributed by atoms with Crippen LogP contribution in [0.2, 0.25) is 0 Å². The topological polar surface area (TPSA) is 76.0 Å². The number of hydrogen-bond acceptors (Lipinski definition) is 5. The minimum atomic E-state index is -4.40. The van der Waals surface area contributed by atoms with Crippen molar-refractivity contribution in [1.29, 1.82) is 0 Å². The summed E-state index contributed by atoms with van der Waals surface area (Å²) in [5, 5.41) is 18.6. The van der Waals surface area contributed by atoms with Crippen molar-refractivity contribution in [3.8, 4) is 11.5 Å². The third-order valence-electron chi connectivity index (χ3n) is 3.56. The third kappa shape index (κ3) is 6.97. The Morgan fingerprint density at radius 1 is 1.14 bits per heavy atom. The van der Waals surface area contributed by atoms with E-state index < -0.39 is 30.4 Å². The number of aryl methyl sites for hydroxylation is 1. The Labute approximate surface area is 164 Å². The van der Waals surface area contributed by atoms with Gasteiger partial charge in [-0.05, 0) is 55.0 Å². The zero-order valence-corrected chi connectivity index (χ0v) is 15.7. The van der Waals surface area contributed by atoms with Crippen LogP contribution in [-0.2, 0) is 11.0 Å². The van der Waals surface area contributed by atoms with E-state index in [1.54, 1.807) is 19.1 Å². The van der Waals surface area contributed by atoms with Crippen LogP contribution < -0.4 is 9.47 Å². The highest BCUT2D eigenvalue weighted by Crippen LogP contribution is 2.30. The predicted molar refractivity (Wildman–Crippen MR) is 98.0 cm³/mol. The molecule has 2 N–H and O–H groups in total. The average molecular weight is 416 g/mol. The molecule has 2 rings (SSSR count). The number of aliphatic hydroxyl groups is 1. The fraction of sp³-hybridized carbons (Fsp3) is 0.316. The van der Waals surface area contributed by atoms with Gasteiger partial charge >= 0.3 is 12.1 Å². The number of benzene rings is 2. The van der Waals surface area contributed by atoms with E-state index in [2.05, 4.69) is 0 Å². The highest BCUT2D eigenvalue weighted by Gasteiger charge is 2.30. The lowest BCUT2D eigenvalue weighted by atomic mass is 10.2. The van der Waals surface area contributed by atoms with E-state index in [0.29, 0.717) is 11.5 Å². The number of carboxylic acid groups (broad SMARTS) is 1. The Morgan fingerprint density at radius 3 is 2.39 bits per heavy atom. The second-order valence-corrected chi connectivity index (χ2v) is 7.00. The number of ether oxygens (including phenoxy) is 2. The van der Waals surface area contributed by atoms with Gasteiger partial charge in [-0.1, -0.05) is 0 Å². The van der Waals surface area contributed by atoms with Gasteiger partial charge in [-0.25, -0.2) is 4.79 Å².